The highest BCUT2D eigenvalue weighted by atomic mass is 16.5. The van der Waals surface area contributed by atoms with Crippen LogP contribution in [0, 0.1) is 0 Å². The van der Waals surface area contributed by atoms with E-state index in [0.717, 1.165) is 55.4 Å². The monoisotopic (exact) mass is 291 g/mol. The molecule has 21 heavy (non-hydrogen) atoms. The molecule has 1 heterocycles. The first-order valence-electron chi connectivity index (χ1n) is 7.07. The lowest BCUT2D eigenvalue weighted by Crippen LogP contribution is -2.35. The Balaban J connectivity index is 2.12. The molecule has 0 aliphatic carbocycles. The highest BCUT2D eigenvalue weighted by Gasteiger charge is 2.18. The molecule has 0 spiro atoms. The number of aliphatic hydroxyl groups excluding tert-OH is 1. The normalized spacial score (nSPS) is 17.2. The summed E-state index contributed by atoms with van der Waals surface area (Å²) in [5, 5.41) is 18.2. The number of aliphatic hydroxyl groups is 1. The van der Waals surface area contributed by atoms with E-state index in [0.29, 0.717) is 0 Å². The Morgan fingerprint density at radius 2 is 2.14 bits per heavy atom. The number of carbonyl (C=O) groups is 1. The van der Waals surface area contributed by atoms with Gasteiger partial charge in [-0.25, -0.2) is 4.79 Å². The van der Waals surface area contributed by atoms with Gasteiger partial charge in [0.2, 0.25) is 0 Å². The van der Waals surface area contributed by atoms with Gasteiger partial charge in [-0.2, -0.15) is 0 Å². The minimum absolute atomic E-state index is 0.187. The number of rotatable bonds is 5. The van der Waals surface area contributed by atoms with Crippen molar-refractivity contribution in [3.05, 3.63) is 35.4 Å². The van der Waals surface area contributed by atoms with Gasteiger partial charge in [0.05, 0.1) is 13.2 Å². The van der Waals surface area contributed by atoms with E-state index in [1.807, 2.05) is 18.2 Å². The molecule has 0 bridgehead atoms. The van der Waals surface area contributed by atoms with E-state index in [9.17, 15) is 9.90 Å². The number of hydrogen-bond donors (Lipinski definition) is 2. The Morgan fingerprint density at radius 3 is 2.76 bits per heavy atom. The fourth-order valence-corrected chi connectivity index (χ4v) is 2.51. The maximum absolute atomic E-state index is 10.6. The molecule has 2 N–H and O–H groups in total. The van der Waals surface area contributed by atoms with Crippen LogP contribution >= 0.6 is 0 Å². The molecule has 114 valence electrons. The van der Waals surface area contributed by atoms with Crippen molar-refractivity contribution < 1.29 is 19.7 Å². The summed E-state index contributed by atoms with van der Waals surface area (Å²) in [5.41, 5.74) is 1.87. The van der Waals surface area contributed by atoms with Crippen molar-refractivity contribution in [2.45, 2.75) is 25.5 Å². The highest BCUT2D eigenvalue weighted by molar-refractivity contribution is 5.85. The number of hydrogen-bond acceptors (Lipinski definition) is 4. The number of methoxy groups -OCH3 is 1. The third kappa shape index (κ3) is 4.58. The predicted molar refractivity (Wildman–Crippen MR) is 80.2 cm³/mol. The van der Waals surface area contributed by atoms with Crippen molar-refractivity contribution in [1.82, 2.24) is 4.90 Å². The molecule has 1 saturated heterocycles. The molecule has 1 aromatic carbocycles. The summed E-state index contributed by atoms with van der Waals surface area (Å²) in [6, 6.07) is 5.64. The molecule has 0 unspecified atom stereocenters. The number of carboxylic acid groups (broad SMARTS) is 1. The molecule has 1 fully saturated rings. The van der Waals surface area contributed by atoms with Crippen LogP contribution in [-0.4, -0.2) is 47.4 Å². The summed E-state index contributed by atoms with van der Waals surface area (Å²) in [5.74, 6) is -0.161. The maximum Gasteiger partial charge on any atom is 0.328 e. The molecule has 0 saturated carbocycles. The molecule has 0 amide bonds. The summed E-state index contributed by atoms with van der Waals surface area (Å²) >= 11 is 0. The molecular formula is C16H21NO4. The van der Waals surface area contributed by atoms with Gasteiger partial charge in [-0.05, 0) is 36.6 Å². The molecule has 1 aromatic rings. The standard InChI is InChI=1S/C16H21NO4/c1-21-15-4-2-12(3-5-16(19)20)10-13(15)11-17-8-6-14(18)7-9-17/h2-5,10,14,18H,6-9,11H2,1H3,(H,19,20). The lowest BCUT2D eigenvalue weighted by molar-refractivity contribution is -0.131. The van der Waals surface area contributed by atoms with Gasteiger partial charge in [0.25, 0.3) is 0 Å². The molecule has 1 aliphatic heterocycles. The Hall–Kier alpha value is -1.85. The van der Waals surface area contributed by atoms with Gasteiger partial charge in [0.15, 0.2) is 0 Å². The smallest absolute Gasteiger partial charge is 0.328 e. The van der Waals surface area contributed by atoms with E-state index in [1.165, 1.54) is 0 Å². The van der Waals surface area contributed by atoms with Crippen LogP contribution in [0.1, 0.15) is 24.0 Å². The van der Waals surface area contributed by atoms with Crippen molar-refractivity contribution in [3.8, 4) is 5.75 Å². The number of piperidine rings is 1. The van der Waals surface area contributed by atoms with E-state index >= 15 is 0 Å². The van der Waals surface area contributed by atoms with Crippen LogP contribution in [0.5, 0.6) is 5.75 Å². The second kappa shape index (κ2) is 7.24. The van der Waals surface area contributed by atoms with Gasteiger partial charge in [-0.15, -0.1) is 0 Å². The van der Waals surface area contributed by atoms with Crippen LogP contribution < -0.4 is 4.74 Å². The first-order valence-corrected chi connectivity index (χ1v) is 7.07. The van der Waals surface area contributed by atoms with Crippen LogP contribution in [0.15, 0.2) is 24.3 Å². The zero-order valence-corrected chi connectivity index (χ0v) is 12.2. The Labute approximate surface area is 124 Å². The molecule has 0 atom stereocenters. The van der Waals surface area contributed by atoms with E-state index in [4.69, 9.17) is 9.84 Å². The summed E-state index contributed by atoms with van der Waals surface area (Å²) in [6.45, 7) is 2.46. The van der Waals surface area contributed by atoms with Gasteiger partial charge >= 0.3 is 5.97 Å². The van der Waals surface area contributed by atoms with Crippen LogP contribution in [0.2, 0.25) is 0 Å². The zero-order valence-electron chi connectivity index (χ0n) is 12.2. The van der Waals surface area contributed by atoms with Gasteiger partial charge in [-0.3, -0.25) is 4.90 Å². The fraction of sp³-hybridized carbons (Fsp3) is 0.438. The van der Waals surface area contributed by atoms with Crippen molar-refractivity contribution >= 4 is 12.0 Å². The quantitative estimate of drug-likeness (QED) is 0.809. The van der Waals surface area contributed by atoms with Crippen molar-refractivity contribution in [3.63, 3.8) is 0 Å². The number of benzene rings is 1. The minimum Gasteiger partial charge on any atom is -0.496 e. The second-order valence-electron chi connectivity index (χ2n) is 5.25. The van der Waals surface area contributed by atoms with Crippen LogP contribution in [-0.2, 0) is 11.3 Å². The van der Waals surface area contributed by atoms with Gasteiger partial charge < -0.3 is 14.9 Å². The summed E-state index contributed by atoms with van der Waals surface area (Å²) < 4.78 is 5.37. The van der Waals surface area contributed by atoms with Crippen molar-refractivity contribution in [1.29, 1.82) is 0 Å². The van der Waals surface area contributed by atoms with Crippen LogP contribution in [0.3, 0.4) is 0 Å². The van der Waals surface area contributed by atoms with Gasteiger partial charge in [-0.1, -0.05) is 6.07 Å². The number of likely N-dealkylation sites (tertiary alicyclic amines) is 1. The van der Waals surface area contributed by atoms with Crippen molar-refractivity contribution in [2.75, 3.05) is 20.2 Å². The first kappa shape index (κ1) is 15.5. The fourth-order valence-electron chi connectivity index (χ4n) is 2.51. The Bertz CT molecular complexity index is 519. The third-order valence-corrected chi connectivity index (χ3v) is 3.67. The van der Waals surface area contributed by atoms with E-state index in [2.05, 4.69) is 4.90 Å². The maximum atomic E-state index is 10.6. The molecule has 2 rings (SSSR count). The third-order valence-electron chi connectivity index (χ3n) is 3.67. The van der Waals surface area contributed by atoms with Crippen molar-refractivity contribution in [2.24, 2.45) is 0 Å². The summed E-state index contributed by atoms with van der Waals surface area (Å²) in [4.78, 5) is 12.9. The number of aliphatic carboxylic acids is 1. The predicted octanol–water partition coefficient (Wildman–Crippen LogP) is 1.75. The number of ether oxygens (including phenoxy) is 1. The second-order valence-corrected chi connectivity index (χ2v) is 5.25. The SMILES string of the molecule is COc1ccc(C=CC(=O)O)cc1CN1CCC(O)CC1. The van der Waals surface area contributed by atoms with E-state index < -0.39 is 5.97 Å². The van der Waals surface area contributed by atoms with Gasteiger partial charge in [0, 0.05) is 31.3 Å². The van der Waals surface area contributed by atoms with Gasteiger partial charge in [0.1, 0.15) is 5.75 Å². The Kier molecular flexibility index (Phi) is 5.36. The zero-order chi connectivity index (χ0) is 15.2. The number of carboxylic acids is 1. The summed E-state index contributed by atoms with van der Waals surface area (Å²) in [7, 11) is 1.63. The largest absolute Gasteiger partial charge is 0.496 e. The van der Waals surface area contributed by atoms with E-state index in [1.54, 1.807) is 13.2 Å². The molecule has 0 radical (unpaired) electrons. The topological polar surface area (TPSA) is 70.0 Å². The van der Waals surface area contributed by atoms with E-state index in [-0.39, 0.29) is 6.10 Å². The lowest BCUT2D eigenvalue weighted by atomic mass is 10.0. The average Bonchev–Trinajstić information content (AvgIpc) is 2.48. The molecule has 5 nitrogen and oxygen atoms in total. The number of nitrogens with zero attached hydrogens (tertiary/aromatic N) is 1. The van der Waals surface area contributed by atoms with Crippen LogP contribution in [0.4, 0.5) is 0 Å². The van der Waals surface area contributed by atoms with Crippen LogP contribution in [0.25, 0.3) is 6.08 Å². The molecular weight excluding hydrogens is 270 g/mol. The Morgan fingerprint density at radius 1 is 1.43 bits per heavy atom. The first-order chi connectivity index (χ1) is 10.1. The highest BCUT2D eigenvalue weighted by Crippen LogP contribution is 2.24. The minimum atomic E-state index is -0.961. The lowest BCUT2D eigenvalue weighted by Gasteiger charge is -2.29. The molecule has 1 aliphatic rings. The summed E-state index contributed by atoms with van der Waals surface area (Å²) in [6.07, 6.45) is 4.10. The average molecular weight is 291 g/mol. The molecule has 5 heteroatoms. The molecule has 0 aromatic heterocycles.